The third-order valence-electron chi connectivity index (χ3n) is 6.82. The zero-order chi connectivity index (χ0) is 25.1. The molecule has 0 saturated carbocycles. The summed E-state index contributed by atoms with van der Waals surface area (Å²) in [5, 5.41) is 11.1. The Hall–Kier alpha value is -3.94. The average molecular weight is 484 g/mol. The lowest BCUT2D eigenvalue weighted by Crippen LogP contribution is -2.41. The molecule has 1 unspecified atom stereocenters. The summed E-state index contributed by atoms with van der Waals surface area (Å²) in [6.07, 6.45) is 7.40. The molecule has 3 aromatic heterocycles. The highest BCUT2D eigenvalue weighted by molar-refractivity contribution is 5.89. The third kappa shape index (κ3) is 5.17. The number of nitrogens with zero attached hydrogens (tertiary/aromatic N) is 5. The summed E-state index contributed by atoms with van der Waals surface area (Å²) < 4.78 is 1.85. The first-order valence-corrected chi connectivity index (χ1v) is 12.6. The third-order valence-corrected chi connectivity index (χ3v) is 6.82. The first-order chi connectivity index (χ1) is 17.5. The van der Waals surface area contributed by atoms with Gasteiger partial charge in [0, 0.05) is 55.3 Å². The number of likely N-dealkylation sites (tertiary alicyclic amines) is 1. The lowest BCUT2D eigenvalue weighted by Gasteiger charge is -2.32. The highest BCUT2D eigenvalue weighted by Gasteiger charge is 2.27. The van der Waals surface area contributed by atoms with Gasteiger partial charge in [-0.05, 0) is 55.0 Å². The van der Waals surface area contributed by atoms with Crippen LogP contribution in [0.5, 0.6) is 0 Å². The standard InChI is InChI=1S/C28H33N7O/c1-19(2)22-8-10-24(11-9-22)32-28(36)34-13-5-7-23(18-34)25-14-26(30-17-21-6-4-12-29-16-21)35-27(33-25)20(3)15-31-35/h4,6,8-12,14-16,19,23,30H,5,7,13,17-18H2,1-3H3,(H,32,36). The van der Waals surface area contributed by atoms with Crippen molar-refractivity contribution < 1.29 is 4.79 Å². The SMILES string of the molecule is Cc1cnn2c(NCc3cccnc3)cc(C3CCCN(C(=O)Nc4ccc(C(C)C)cc4)C3)nc12. The van der Waals surface area contributed by atoms with E-state index in [4.69, 9.17) is 4.98 Å². The van der Waals surface area contributed by atoms with Gasteiger partial charge in [-0.2, -0.15) is 9.61 Å². The number of carbonyl (C=O) groups is 1. The Kier molecular flexibility index (Phi) is 6.84. The highest BCUT2D eigenvalue weighted by Crippen LogP contribution is 2.29. The van der Waals surface area contributed by atoms with Gasteiger partial charge in [-0.1, -0.05) is 32.0 Å². The summed E-state index contributed by atoms with van der Waals surface area (Å²) in [5.41, 5.74) is 6.02. The van der Waals surface area contributed by atoms with Crippen molar-refractivity contribution in [3.63, 3.8) is 0 Å². The molecule has 4 heterocycles. The van der Waals surface area contributed by atoms with E-state index in [1.54, 1.807) is 6.20 Å². The Labute approximate surface area is 211 Å². The molecule has 0 bridgehead atoms. The van der Waals surface area contributed by atoms with Gasteiger partial charge < -0.3 is 15.5 Å². The molecular weight excluding hydrogens is 450 g/mol. The van der Waals surface area contributed by atoms with Gasteiger partial charge in [-0.3, -0.25) is 4.98 Å². The maximum absolute atomic E-state index is 13.1. The first-order valence-electron chi connectivity index (χ1n) is 12.6. The number of pyridine rings is 1. The number of benzene rings is 1. The van der Waals surface area contributed by atoms with E-state index < -0.39 is 0 Å². The van der Waals surface area contributed by atoms with E-state index in [0.717, 1.165) is 53.4 Å². The normalized spacial score (nSPS) is 15.9. The topological polar surface area (TPSA) is 87.5 Å². The molecule has 1 aromatic carbocycles. The van der Waals surface area contributed by atoms with E-state index in [2.05, 4.69) is 52.8 Å². The van der Waals surface area contributed by atoms with Gasteiger partial charge >= 0.3 is 6.03 Å². The van der Waals surface area contributed by atoms with Crippen molar-refractivity contribution in [1.29, 1.82) is 0 Å². The molecule has 0 aliphatic carbocycles. The van der Waals surface area contributed by atoms with Crippen LogP contribution in [0.4, 0.5) is 16.3 Å². The number of hydrogen-bond donors (Lipinski definition) is 2. The van der Waals surface area contributed by atoms with Crippen LogP contribution in [0.3, 0.4) is 0 Å². The molecule has 1 aliphatic rings. The molecule has 1 atom stereocenters. The molecule has 1 aliphatic heterocycles. The first kappa shape index (κ1) is 23.8. The fraction of sp³-hybridized carbons (Fsp3) is 0.357. The largest absolute Gasteiger partial charge is 0.366 e. The van der Waals surface area contributed by atoms with Gasteiger partial charge in [0.15, 0.2) is 5.65 Å². The minimum Gasteiger partial charge on any atom is -0.366 e. The van der Waals surface area contributed by atoms with Crippen LogP contribution in [0.15, 0.2) is 61.1 Å². The predicted octanol–water partition coefficient (Wildman–Crippen LogP) is 5.58. The number of nitrogens with one attached hydrogen (secondary N) is 2. The summed E-state index contributed by atoms with van der Waals surface area (Å²) in [6.45, 7) is 8.37. The van der Waals surface area contributed by atoms with Gasteiger partial charge in [-0.15, -0.1) is 0 Å². The highest BCUT2D eigenvalue weighted by atomic mass is 16.2. The molecule has 2 amide bonds. The summed E-state index contributed by atoms with van der Waals surface area (Å²) in [5.74, 6) is 1.51. The van der Waals surface area contributed by atoms with Crippen molar-refractivity contribution in [3.05, 3.63) is 83.4 Å². The van der Waals surface area contributed by atoms with E-state index in [1.165, 1.54) is 5.56 Å². The molecule has 8 nitrogen and oxygen atoms in total. The smallest absolute Gasteiger partial charge is 0.321 e. The van der Waals surface area contributed by atoms with Crippen LogP contribution in [-0.2, 0) is 6.54 Å². The number of amides is 2. The van der Waals surface area contributed by atoms with E-state index in [1.807, 2.05) is 53.0 Å². The molecule has 0 spiro atoms. The number of carbonyl (C=O) groups excluding carboxylic acids is 1. The zero-order valence-corrected chi connectivity index (χ0v) is 21.1. The summed E-state index contributed by atoms with van der Waals surface area (Å²) in [6, 6.07) is 14.1. The van der Waals surface area contributed by atoms with Gasteiger partial charge in [0.05, 0.1) is 11.9 Å². The Morgan fingerprint density at radius 1 is 1.17 bits per heavy atom. The van der Waals surface area contributed by atoms with Gasteiger partial charge in [-0.25, -0.2) is 9.78 Å². The summed E-state index contributed by atoms with van der Waals surface area (Å²) in [4.78, 5) is 24.2. The Morgan fingerprint density at radius 2 is 2.00 bits per heavy atom. The van der Waals surface area contributed by atoms with E-state index >= 15 is 0 Å². The molecule has 1 saturated heterocycles. The van der Waals surface area contributed by atoms with Crippen molar-refractivity contribution in [3.8, 4) is 0 Å². The van der Waals surface area contributed by atoms with Crippen LogP contribution >= 0.6 is 0 Å². The fourth-order valence-corrected chi connectivity index (χ4v) is 4.68. The zero-order valence-electron chi connectivity index (χ0n) is 21.1. The van der Waals surface area contributed by atoms with Gasteiger partial charge in [0.1, 0.15) is 5.82 Å². The maximum atomic E-state index is 13.1. The second kappa shape index (κ2) is 10.4. The second-order valence-corrected chi connectivity index (χ2v) is 9.84. The number of aryl methyl sites for hydroxylation is 1. The van der Waals surface area contributed by atoms with Crippen molar-refractivity contribution >= 4 is 23.2 Å². The van der Waals surface area contributed by atoms with Crippen molar-refractivity contribution in [2.45, 2.75) is 52.0 Å². The molecule has 5 rings (SSSR count). The number of urea groups is 1. The molecule has 4 aromatic rings. The Bertz CT molecular complexity index is 1330. The lowest BCUT2D eigenvalue weighted by atomic mass is 9.94. The summed E-state index contributed by atoms with van der Waals surface area (Å²) >= 11 is 0. The van der Waals surface area contributed by atoms with Crippen LogP contribution in [-0.4, -0.2) is 43.6 Å². The Morgan fingerprint density at radius 3 is 2.75 bits per heavy atom. The average Bonchev–Trinajstić information content (AvgIpc) is 3.29. The molecule has 1 fully saturated rings. The maximum Gasteiger partial charge on any atom is 0.321 e. The minimum atomic E-state index is -0.0615. The van der Waals surface area contributed by atoms with Gasteiger partial charge in [0.25, 0.3) is 0 Å². The molecule has 186 valence electrons. The van der Waals surface area contributed by atoms with E-state index in [-0.39, 0.29) is 11.9 Å². The number of hydrogen-bond acceptors (Lipinski definition) is 5. The van der Waals surface area contributed by atoms with Crippen LogP contribution < -0.4 is 10.6 Å². The lowest BCUT2D eigenvalue weighted by molar-refractivity contribution is 0.192. The van der Waals surface area contributed by atoms with Gasteiger partial charge in [0.2, 0.25) is 0 Å². The predicted molar refractivity (Wildman–Crippen MR) is 142 cm³/mol. The number of fused-ring (bicyclic) bond motifs is 1. The van der Waals surface area contributed by atoms with E-state index in [0.29, 0.717) is 19.0 Å². The van der Waals surface area contributed by atoms with Crippen molar-refractivity contribution in [2.75, 3.05) is 23.7 Å². The van der Waals surface area contributed by atoms with E-state index in [9.17, 15) is 4.79 Å². The van der Waals surface area contributed by atoms with Crippen LogP contribution in [0.1, 0.15) is 60.9 Å². The number of rotatable bonds is 6. The van der Waals surface area contributed by atoms with Crippen LogP contribution in [0.25, 0.3) is 5.65 Å². The molecule has 8 heteroatoms. The van der Waals surface area contributed by atoms with Crippen molar-refractivity contribution in [2.24, 2.45) is 0 Å². The van der Waals surface area contributed by atoms with Crippen LogP contribution in [0, 0.1) is 6.92 Å². The Balaban J connectivity index is 1.32. The number of piperidine rings is 1. The second-order valence-electron chi connectivity index (χ2n) is 9.84. The van der Waals surface area contributed by atoms with Crippen LogP contribution in [0.2, 0.25) is 0 Å². The molecule has 2 N–H and O–H groups in total. The minimum absolute atomic E-state index is 0.0615. The fourth-order valence-electron chi connectivity index (χ4n) is 4.68. The number of aromatic nitrogens is 4. The van der Waals surface area contributed by atoms with Crippen molar-refractivity contribution in [1.82, 2.24) is 24.5 Å². The molecular formula is C28H33N7O. The molecule has 0 radical (unpaired) electrons. The molecule has 36 heavy (non-hydrogen) atoms. The quantitative estimate of drug-likeness (QED) is 0.374. The number of anilines is 2. The summed E-state index contributed by atoms with van der Waals surface area (Å²) in [7, 11) is 0. The monoisotopic (exact) mass is 483 g/mol.